The van der Waals surface area contributed by atoms with Crippen molar-refractivity contribution in [2.75, 3.05) is 23.8 Å². The molecule has 4 amide bonds. The van der Waals surface area contributed by atoms with Crippen LogP contribution in [0.2, 0.25) is 0 Å². The second-order valence-corrected chi connectivity index (χ2v) is 9.48. The quantitative estimate of drug-likeness (QED) is 0.170. The molecule has 1 unspecified atom stereocenters. The summed E-state index contributed by atoms with van der Waals surface area (Å²) in [6.07, 6.45) is -0.678. The van der Waals surface area contributed by atoms with E-state index in [0.29, 0.717) is 17.1 Å². The minimum atomic E-state index is -1.08. The van der Waals surface area contributed by atoms with Gasteiger partial charge in [0.05, 0.1) is 34.3 Å². The van der Waals surface area contributed by atoms with Crippen LogP contribution in [0.3, 0.4) is 0 Å². The Morgan fingerprint density at radius 1 is 0.938 bits per heavy atom. The highest BCUT2D eigenvalue weighted by Crippen LogP contribution is 2.39. The predicted octanol–water partition coefficient (Wildman–Crippen LogP) is 2.56. The highest BCUT2D eigenvalue weighted by atomic mass is 127. The van der Waals surface area contributed by atoms with Crippen molar-refractivity contribution in [2.24, 2.45) is 5.73 Å². The first-order chi connectivity index (χ1) is 14.9. The van der Waals surface area contributed by atoms with Crippen molar-refractivity contribution in [3.63, 3.8) is 0 Å². The summed E-state index contributed by atoms with van der Waals surface area (Å²) in [4.78, 5) is 58.9. The third-order valence-corrected chi connectivity index (χ3v) is 6.90. The molecular weight excluding hydrogens is 765 g/mol. The number of anilines is 2. The van der Waals surface area contributed by atoms with Gasteiger partial charge in [0.2, 0.25) is 0 Å². The molecule has 1 rings (SSSR count). The summed E-state index contributed by atoms with van der Waals surface area (Å²) in [7, 11) is 0. The first kappa shape index (κ1) is 28.6. The number of ether oxygens (including phenoxy) is 2. The molecule has 0 aliphatic rings. The van der Waals surface area contributed by atoms with E-state index in [-0.39, 0.29) is 30.1 Å². The van der Waals surface area contributed by atoms with Gasteiger partial charge >= 0.3 is 18.0 Å². The van der Waals surface area contributed by atoms with Crippen LogP contribution in [0.4, 0.5) is 16.2 Å². The lowest BCUT2D eigenvalue weighted by Crippen LogP contribution is -2.32. The highest BCUT2D eigenvalue weighted by Gasteiger charge is 2.27. The summed E-state index contributed by atoms with van der Waals surface area (Å²) in [6.45, 7) is 4.26. The molecule has 0 aliphatic carbocycles. The number of benzene rings is 1. The maximum absolute atomic E-state index is 12.9. The Bertz CT molecular complexity index is 940. The average Bonchev–Trinajstić information content (AvgIpc) is 2.67. The Balaban J connectivity index is 3.28. The number of halogens is 3. The van der Waals surface area contributed by atoms with E-state index in [0.717, 1.165) is 0 Å². The number of rotatable bonds is 9. The number of urea groups is 1. The molecule has 14 heteroatoms. The molecule has 1 aromatic carbocycles. The lowest BCUT2D eigenvalue weighted by molar-refractivity contribution is -0.150. The van der Waals surface area contributed by atoms with Crippen LogP contribution in [-0.2, 0) is 23.9 Å². The van der Waals surface area contributed by atoms with Crippen LogP contribution in [0.15, 0.2) is 0 Å². The molecule has 0 bridgehead atoms. The molecule has 0 radical (unpaired) electrons. The number of nitrogens with two attached hydrogens (primary N) is 1. The van der Waals surface area contributed by atoms with E-state index < -0.39 is 35.9 Å². The zero-order valence-corrected chi connectivity index (χ0v) is 23.7. The van der Waals surface area contributed by atoms with E-state index >= 15 is 0 Å². The second-order valence-electron chi connectivity index (χ2n) is 6.25. The number of primary amides is 1. The molecule has 0 aromatic heterocycles. The van der Waals surface area contributed by atoms with Gasteiger partial charge < -0.3 is 31.2 Å². The number of hydrogen-bond acceptors (Lipinski definition) is 7. The van der Waals surface area contributed by atoms with Gasteiger partial charge in [-0.15, -0.1) is 0 Å². The second kappa shape index (κ2) is 13.3. The Hall–Kier alpha value is -1.44. The van der Waals surface area contributed by atoms with Gasteiger partial charge in [-0.2, -0.15) is 0 Å². The van der Waals surface area contributed by atoms with E-state index in [1.54, 1.807) is 0 Å². The van der Waals surface area contributed by atoms with Crippen LogP contribution in [-0.4, -0.2) is 49.0 Å². The maximum atomic E-state index is 12.9. The zero-order valence-electron chi connectivity index (χ0n) is 17.3. The van der Waals surface area contributed by atoms with Crippen molar-refractivity contribution in [1.29, 1.82) is 0 Å². The summed E-state index contributed by atoms with van der Waals surface area (Å²) in [5, 5.41) is 7.83. The molecule has 0 fully saturated rings. The molecule has 1 atom stereocenters. The summed E-state index contributed by atoms with van der Waals surface area (Å²) in [5.74, 6) is -2.11. The van der Waals surface area contributed by atoms with Gasteiger partial charge in [0.15, 0.2) is 6.10 Å². The van der Waals surface area contributed by atoms with Gasteiger partial charge in [-0.3, -0.25) is 19.2 Å². The number of amides is 4. The smallest absolute Gasteiger partial charge is 0.316 e. The summed E-state index contributed by atoms with van der Waals surface area (Å²) in [5.41, 5.74) is 5.98. The molecule has 176 valence electrons. The van der Waals surface area contributed by atoms with Crippen molar-refractivity contribution in [1.82, 2.24) is 5.32 Å². The van der Waals surface area contributed by atoms with E-state index in [4.69, 9.17) is 15.2 Å². The molecule has 0 saturated carbocycles. The third kappa shape index (κ3) is 8.49. The molecule has 5 N–H and O–H groups in total. The van der Waals surface area contributed by atoms with Crippen molar-refractivity contribution >= 4 is 109 Å². The van der Waals surface area contributed by atoms with E-state index in [1.165, 1.54) is 20.8 Å². The zero-order chi connectivity index (χ0) is 24.6. The van der Waals surface area contributed by atoms with Gasteiger partial charge in [-0.05, 0) is 81.1 Å². The van der Waals surface area contributed by atoms with Crippen LogP contribution in [0, 0.1) is 10.7 Å². The highest BCUT2D eigenvalue weighted by molar-refractivity contribution is 14.1. The first-order valence-corrected chi connectivity index (χ1v) is 12.3. The first-order valence-electron chi connectivity index (χ1n) is 9.03. The van der Waals surface area contributed by atoms with Crippen molar-refractivity contribution in [3.8, 4) is 0 Å². The van der Waals surface area contributed by atoms with Gasteiger partial charge in [-0.25, -0.2) is 4.79 Å². The Morgan fingerprint density at radius 3 is 2.00 bits per heavy atom. The largest absolute Gasteiger partial charge is 0.466 e. The predicted molar refractivity (Wildman–Crippen MR) is 141 cm³/mol. The molecular formula is C18H21I3N4O7. The number of carbonyl (C=O) groups is 5. The number of hydrogen-bond donors (Lipinski definition) is 4. The van der Waals surface area contributed by atoms with E-state index in [1.807, 2.05) is 67.8 Å². The van der Waals surface area contributed by atoms with Crippen LogP contribution >= 0.6 is 67.8 Å². The van der Waals surface area contributed by atoms with Gasteiger partial charge in [0.25, 0.3) is 11.8 Å². The normalized spacial score (nSPS) is 11.2. The number of esters is 2. The molecule has 0 spiro atoms. The average molecular weight is 786 g/mol. The maximum Gasteiger partial charge on any atom is 0.316 e. The van der Waals surface area contributed by atoms with Gasteiger partial charge in [0.1, 0.15) is 0 Å². The minimum absolute atomic E-state index is 0.153. The van der Waals surface area contributed by atoms with Crippen molar-refractivity contribution in [3.05, 3.63) is 16.3 Å². The SMILES string of the molecule is CC(=O)OCCCNC(=O)c1c(I)c(NC(N)=O)c(I)c(NC(=O)C(C)OC(C)=O)c1I. The fraction of sp³-hybridized carbons (Fsp3) is 0.389. The van der Waals surface area contributed by atoms with Crippen LogP contribution < -0.4 is 21.7 Å². The molecule has 0 saturated heterocycles. The molecule has 32 heavy (non-hydrogen) atoms. The lowest BCUT2D eigenvalue weighted by Gasteiger charge is -2.21. The fourth-order valence-electron chi connectivity index (χ4n) is 2.31. The van der Waals surface area contributed by atoms with Crippen LogP contribution in [0.5, 0.6) is 0 Å². The third-order valence-electron chi connectivity index (χ3n) is 3.66. The lowest BCUT2D eigenvalue weighted by atomic mass is 10.1. The molecule has 11 nitrogen and oxygen atoms in total. The molecule has 0 heterocycles. The summed E-state index contributed by atoms with van der Waals surface area (Å²) < 4.78 is 11.0. The number of nitrogens with one attached hydrogen (secondary N) is 3. The van der Waals surface area contributed by atoms with E-state index in [9.17, 15) is 24.0 Å². The van der Waals surface area contributed by atoms with Crippen LogP contribution in [0.1, 0.15) is 37.6 Å². The minimum Gasteiger partial charge on any atom is -0.466 e. The Kier molecular flexibility index (Phi) is 11.9. The van der Waals surface area contributed by atoms with Crippen molar-refractivity contribution < 1.29 is 33.4 Å². The van der Waals surface area contributed by atoms with Crippen molar-refractivity contribution in [2.45, 2.75) is 33.3 Å². The van der Waals surface area contributed by atoms with E-state index in [2.05, 4.69) is 16.0 Å². The standard InChI is InChI=1S/C18H21I3N4O7/c1-7(32-9(3)27)16(28)24-14-11(19)10(12(20)15(13(14)21)25-18(22)30)17(29)23-5-4-6-31-8(2)26/h7H,4-6H2,1-3H3,(H,23,29)(H,24,28)(H3,22,25,30). The fourth-order valence-corrected chi connectivity index (χ4v) is 6.51. The molecule has 1 aromatic rings. The Morgan fingerprint density at radius 2 is 1.50 bits per heavy atom. The van der Waals surface area contributed by atoms with Crippen LogP contribution in [0.25, 0.3) is 0 Å². The topological polar surface area (TPSA) is 166 Å². The Labute approximate surface area is 225 Å². The summed E-state index contributed by atoms with van der Waals surface area (Å²) in [6, 6.07) is -0.847. The monoisotopic (exact) mass is 786 g/mol. The van der Waals surface area contributed by atoms with Gasteiger partial charge in [0, 0.05) is 20.4 Å². The summed E-state index contributed by atoms with van der Waals surface area (Å²) >= 11 is 5.73. The molecule has 0 aliphatic heterocycles. The van der Waals surface area contributed by atoms with Gasteiger partial charge in [-0.1, -0.05) is 0 Å². The number of carbonyl (C=O) groups excluding carboxylic acids is 5.